The molecule has 4 unspecified atom stereocenters. The van der Waals surface area contributed by atoms with E-state index < -0.39 is 38.6 Å². The second-order valence-corrected chi connectivity index (χ2v) is 12.0. The van der Waals surface area contributed by atoms with E-state index in [0.29, 0.717) is 6.42 Å². The highest BCUT2D eigenvalue weighted by Gasteiger charge is 2.27. The molecule has 0 saturated carbocycles. The van der Waals surface area contributed by atoms with E-state index in [1.165, 1.54) is 51.4 Å². The first-order valence-corrected chi connectivity index (χ1v) is 17.0. The third-order valence-electron chi connectivity index (χ3n) is 6.58. The number of phosphoric acid groups is 1. The van der Waals surface area contributed by atoms with Crippen molar-refractivity contribution in [1.82, 2.24) is 5.32 Å². The molecule has 0 radical (unpaired) electrons. The molecule has 0 aliphatic carbocycles. The maximum atomic E-state index is 12.6. The van der Waals surface area contributed by atoms with Gasteiger partial charge in [-0.3, -0.25) is 13.8 Å². The molecule has 6 N–H and O–H groups in total. The molecule has 0 heterocycles. The summed E-state index contributed by atoms with van der Waals surface area (Å²) in [6.07, 6.45) is 22.8. The van der Waals surface area contributed by atoms with Gasteiger partial charge in [0, 0.05) is 6.54 Å². The van der Waals surface area contributed by atoms with Crippen LogP contribution in [0.15, 0.2) is 24.3 Å². The topological polar surface area (TPSA) is 151 Å². The van der Waals surface area contributed by atoms with Gasteiger partial charge < -0.3 is 26.2 Å². The fraction of sp³-hybridized carbons (Fsp3) is 0.833. The number of nitrogens with two attached hydrogens (primary N) is 1. The Bertz CT molecular complexity index is 706. The van der Waals surface area contributed by atoms with Gasteiger partial charge in [0.05, 0.1) is 37.9 Å². The van der Waals surface area contributed by atoms with Gasteiger partial charge in [0.1, 0.15) is 0 Å². The van der Waals surface area contributed by atoms with E-state index >= 15 is 0 Å². The van der Waals surface area contributed by atoms with Crippen molar-refractivity contribution in [3.8, 4) is 0 Å². The zero-order valence-electron chi connectivity index (χ0n) is 25.2. The molecule has 0 aromatic rings. The predicted octanol–water partition coefficient (Wildman–Crippen LogP) is 6.07. The molecule has 0 aromatic carbocycles. The van der Waals surface area contributed by atoms with Crippen molar-refractivity contribution in [3.63, 3.8) is 0 Å². The van der Waals surface area contributed by atoms with Gasteiger partial charge >= 0.3 is 7.82 Å². The van der Waals surface area contributed by atoms with Crippen LogP contribution in [0.3, 0.4) is 0 Å². The summed E-state index contributed by atoms with van der Waals surface area (Å²) in [6.45, 7) is 3.83. The summed E-state index contributed by atoms with van der Waals surface area (Å²) in [4.78, 5) is 22.4. The van der Waals surface area contributed by atoms with E-state index in [0.717, 1.165) is 44.9 Å². The molecule has 0 bridgehead atoms. The lowest BCUT2D eigenvalue weighted by Gasteiger charge is -2.24. The Labute approximate surface area is 243 Å². The number of hydrogen-bond donors (Lipinski definition) is 5. The number of carbonyl (C=O) groups excluding carboxylic acids is 1. The van der Waals surface area contributed by atoms with Crippen LogP contribution >= 0.6 is 7.82 Å². The van der Waals surface area contributed by atoms with Crippen LogP contribution in [0.5, 0.6) is 0 Å². The van der Waals surface area contributed by atoms with Crippen LogP contribution in [0.25, 0.3) is 0 Å². The predicted molar refractivity (Wildman–Crippen MR) is 163 cm³/mol. The third kappa shape index (κ3) is 24.7. The molecule has 0 spiro atoms. The lowest BCUT2D eigenvalue weighted by atomic mass is 10.1. The number of rotatable bonds is 28. The Hall–Kier alpha value is -1.06. The number of aliphatic hydroxyl groups excluding tert-OH is 2. The van der Waals surface area contributed by atoms with Gasteiger partial charge in [-0.2, -0.15) is 0 Å². The van der Waals surface area contributed by atoms with Crippen LogP contribution in [0.1, 0.15) is 123 Å². The SMILES string of the molecule is CCCC/C=C\CCCCC(O)CC(=O)NC(COP(=O)(O)OCCN)C(O)/C=C/CCCCCCCCCC. The van der Waals surface area contributed by atoms with Crippen molar-refractivity contribution < 1.29 is 33.5 Å². The third-order valence-corrected chi connectivity index (χ3v) is 7.56. The van der Waals surface area contributed by atoms with Crippen LogP contribution in [-0.4, -0.2) is 59.0 Å². The van der Waals surface area contributed by atoms with Gasteiger partial charge in [-0.1, -0.05) is 102 Å². The van der Waals surface area contributed by atoms with Crippen molar-refractivity contribution in [2.75, 3.05) is 19.8 Å². The number of unbranched alkanes of at least 4 members (excludes halogenated alkanes) is 12. The molecule has 4 atom stereocenters. The highest BCUT2D eigenvalue weighted by Crippen LogP contribution is 2.43. The van der Waals surface area contributed by atoms with Gasteiger partial charge in [-0.15, -0.1) is 0 Å². The standard InChI is InChI=1S/C30H59N2O7P/c1-3-5-7-9-11-13-14-16-18-20-22-29(34)28(26-39-40(36,37)38-24-23-31)32-30(35)25-27(33)21-19-17-15-12-10-8-6-4-2/h10,12,20,22,27-29,33-34H,3-9,11,13-19,21,23-26,31H2,1-2H3,(H,32,35)(H,36,37)/b12-10-,22-20+. The number of amides is 1. The van der Waals surface area contributed by atoms with Crippen LogP contribution in [0, 0.1) is 0 Å². The molecule has 0 rings (SSSR count). The maximum Gasteiger partial charge on any atom is 0.472 e. The first-order valence-electron chi connectivity index (χ1n) is 15.5. The first kappa shape index (κ1) is 38.9. The van der Waals surface area contributed by atoms with Crippen molar-refractivity contribution in [1.29, 1.82) is 0 Å². The number of phosphoric ester groups is 1. The van der Waals surface area contributed by atoms with Crippen molar-refractivity contribution in [2.45, 2.75) is 141 Å². The van der Waals surface area contributed by atoms with Crippen LogP contribution < -0.4 is 11.1 Å². The van der Waals surface area contributed by atoms with E-state index in [2.05, 4.69) is 31.3 Å². The summed E-state index contributed by atoms with van der Waals surface area (Å²) in [5, 5.41) is 23.6. The average molecular weight is 591 g/mol. The fourth-order valence-corrected chi connectivity index (χ4v) is 4.91. The number of nitrogens with one attached hydrogen (secondary N) is 1. The number of aliphatic hydroxyl groups is 2. The first-order chi connectivity index (χ1) is 19.3. The Morgan fingerprint density at radius 3 is 2.08 bits per heavy atom. The monoisotopic (exact) mass is 590 g/mol. The molecule has 0 aliphatic heterocycles. The second kappa shape index (κ2) is 26.8. The quantitative estimate of drug-likeness (QED) is 0.0418. The normalized spacial score (nSPS) is 15.8. The summed E-state index contributed by atoms with van der Waals surface area (Å²) in [7, 11) is -4.38. The highest BCUT2D eigenvalue weighted by atomic mass is 31.2. The summed E-state index contributed by atoms with van der Waals surface area (Å²) in [5.74, 6) is -0.466. The molecule has 10 heteroatoms. The molecule has 0 saturated heterocycles. The number of allylic oxidation sites excluding steroid dienone is 3. The summed E-state index contributed by atoms with van der Waals surface area (Å²) in [6, 6.07) is -0.982. The van der Waals surface area contributed by atoms with Gasteiger partial charge in [0.25, 0.3) is 0 Å². The van der Waals surface area contributed by atoms with Gasteiger partial charge in [0.2, 0.25) is 5.91 Å². The van der Waals surface area contributed by atoms with Crippen LogP contribution in [-0.2, 0) is 18.4 Å². The zero-order chi connectivity index (χ0) is 29.9. The molecular formula is C30H59N2O7P. The fourth-order valence-electron chi connectivity index (χ4n) is 4.15. The van der Waals surface area contributed by atoms with Gasteiger partial charge in [-0.05, 0) is 38.5 Å². The molecule has 0 fully saturated rings. The molecule has 1 amide bonds. The minimum absolute atomic E-state index is 0.0468. The van der Waals surface area contributed by atoms with E-state index in [-0.39, 0.29) is 19.6 Å². The van der Waals surface area contributed by atoms with Gasteiger partial charge in [0.15, 0.2) is 0 Å². The summed E-state index contributed by atoms with van der Waals surface area (Å²) < 4.78 is 21.8. The Morgan fingerprint density at radius 2 is 1.43 bits per heavy atom. The zero-order valence-corrected chi connectivity index (χ0v) is 26.1. The number of hydrogen-bond acceptors (Lipinski definition) is 7. The van der Waals surface area contributed by atoms with E-state index in [1.54, 1.807) is 6.08 Å². The second-order valence-electron chi connectivity index (χ2n) is 10.5. The van der Waals surface area contributed by atoms with Gasteiger partial charge in [-0.25, -0.2) is 4.57 Å². The molecule has 0 aromatic heterocycles. The minimum Gasteiger partial charge on any atom is -0.393 e. The largest absolute Gasteiger partial charge is 0.472 e. The number of carbonyl (C=O) groups is 1. The van der Waals surface area contributed by atoms with Crippen LogP contribution in [0.4, 0.5) is 0 Å². The lowest BCUT2D eigenvalue weighted by Crippen LogP contribution is -2.46. The highest BCUT2D eigenvalue weighted by molar-refractivity contribution is 7.47. The molecule has 0 aliphatic rings. The van der Waals surface area contributed by atoms with Crippen molar-refractivity contribution in [2.24, 2.45) is 5.73 Å². The Balaban J connectivity index is 4.65. The van der Waals surface area contributed by atoms with E-state index in [4.69, 9.17) is 14.8 Å². The maximum absolute atomic E-state index is 12.6. The van der Waals surface area contributed by atoms with Crippen molar-refractivity contribution in [3.05, 3.63) is 24.3 Å². The van der Waals surface area contributed by atoms with Crippen LogP contribution in [0.2, 0.25) is 0 Å². The average Bonchev–Trinajstić information content (AvgIpc) is 2.92. The Kier molecular flexibility index (Phi) is 26.1. The smallest absolute Gasteiger partial charge is 0.393 e. The molecular weight excluding hydrogens is 531 g/mol. The van der Waals surface area contributed by atoms with E-state index in [1.807, 2.05) is 6.08 Å². The lowest BCUT2D eigenvalue weighted by molar-refractivity contribution is -0.124. The van der Waals surface area contributed by atoms with Crippen molar-refractivity contribution >= 4 is 13.7 Å². The minimum atomic E-state index is -4.38. The van der Waals surface area contributed by atoms with E-state index in [9.17, 15) is 24.5 Å². The summed E-state index contributed by atoms with van der Waals surface area (Å²) >= 11 is 0. The summed E-state index contributed by atoms with van der Waals surface area (Å²) in [5.41, 5.74) is 5.31. The molecule has 40 heavy (non-hydrogen) atoms. The molecule has 236 valence electrons. The molecule has 9 nitrogen and oxygen atoms in total. The Morgan fingerprint density at radius 1 is 0.850 bits per heavy atom.